The molecule has 0 aliphatic carbocycles. The van der Waals surface area contributed by atoms with E-state index in [2.05, 4.69) is 73.7 Å². The fourth-order valence-electron chi connectivity index (χ4n) is 2.71. The van der Waals surface area contributed by atoms with Gasteiger partial charge in [-0.15, -0.1) is 34.5 Å². The van der Waals surface area contributed by atoms with Gasteiger partial charge in [0.05, 0.1) is 0 Å². The van der Waals surface area contributed by atoms with E-state index in [9.17, 15) is 0 Å². The average molecular weight is 388 g/mol. The summed E-state index contributed by atoms with van der Waals surface area (Å²) in [5.74, 6) is 0. The first-order chi connectivity index (χ1) is 11.4. The molecular formula is C23H20Zr. The smallest absolute Gasteiger partial charge is 0.184 e. The van der Waals surface area contributed by atoms with Crippen LogP contribution in [0.15, 0.2) is 91.0 Å². The summed E-state index contributed by atoms with van der Waals surface area (Å²) in [6, 6.07) is 34.3. The molecule has 0 aliphatic heterocycles. The minimum Gasteiger partial charge on any atom is -0.184 e. The molecular weight excluding hydrogens is 367 g/mol. The molecule has 0 saturated heterocycles. The molecule has 0 radical (unpaired) electrons. The number of rotatable bonds is 2. The summed E-state index contributed by atoms with van der Waals surface area (Å²) in [7, 11) is 0. The van der Waals surface area contributed by atoms with E-state index in [1.165, 1.54) is 27.5 Å². The van der Waals surface area contributed by atoms with E-state index in [-0.39, 0.29) is 26.2 Å². The molecule has 0 atom stereocenters. The van der Waals surface area contributed by atoms with Gasteiger partial charge in [-0.25, -0.2) is 0 Å². The Balaban J connectivity index is 0.000000254. The van der Waals surface area contributed by atoms with Gasteiger partial charge in [-0.05, 0) is 12.0 Å². The van der Waals surface area contributed by atoms with Gasteiger partial charge in [0, 0.05) is 0 Å². The van der Waals surface area contributed by atoms with E-state index >= 15 is 0 Å². The van der Waals surface area contributed by atoms with Crippen molar-refractivity contribution in [3.8, 4) is 11.1 Å². The van der Waals surface area contributed by atoms with Crippen molar-refractivity contribution in [2.75, 3.05) is 0 Å². The predicted molar refractivity (Wildman–Crippen MR) is 99.6 cm³/mol. The number of benzene rings is 3. The maximum atomic E-state index is 2.89. The van der Waals surface area contributed by atoms with Crippen molar-refractivity contribution >= 4 is 10.8 Å². The van der Waals surface area contributed by atoms with Crippen molar-refractivity contribution < 1.29 is 26.2 Å². The van der Waals surface area contributed by atoms with Crippen LogP contribution in [-0.2, 0) is 32.6 Å². The number of aryl methyl sites for hydroxylation is 1. The van der Waals surface area contributed by atoms with Gasteiger partial charge in [0.25, 0.3) is 0 Å². The van der Waals surface area contributed by atoms with Gasteiger partial charge in [0.15, 0.2) is 0 Å². The van der Waals surface area contributed by atoms with Gasteiger partial charge in [-0.1, -0.05) is 48.9 Å². The van der Waals surface area contributed by atoms with Gasteiger partial charge in [-0.3, -0.25) is 0 Å². The molecule has 0 amide bonds. The van der Waals surface area contributed by atoms with Crippen LogP contribution in [0.1, 0.15) is 12.5 Å². The van der Waals surface area contributed by atoms with Gasteiger partial charge < -0.3 is 0 Å². The fraction of sp³-hybridized carbons (Fsp3) is 0.0870. The molecule has 0 fully saturated rings. The molecule has 0 saturated carbocycles. The standard InChI is InChI=1S/C17H15.C6H5.Zr/c1-2-13-11-15-9-6-10-16(17(15)12-13)14-7-4-3-5-8-14;1-2-4-6-5-3-1;/h3-12H,2H2,1H3;1-5H;/q2*-1;+2. The maximum absolute atomic E-state index is 2.89. The summed E-state index contributed by atoms with van der Waals surface area (Å²) in [6.45, 7) is 2.20. The first kappa shape index (κ1) is 18.5. The van der Waals surface area contributed by atoms with Crippen LogP contribution in [0.4, 0.5) is 0 Å². The molecule has 0 unspecified atom stereocenters. The summed E-state index contributed by atoms with van der Waals surface area (Å²) in [5, 5.41) is 2.72. The van der Waals surface area contributed by atoms with Crippen molar-refractivity contribution in [2.45, 2.75) is 13.3 Å². The molecule has 4 aromatic carbocycles. The number of hydrogen-bond donors (Lipinski definition) is 0. The second-order valence-corrected chi connectivity index (χ2v) is 5.47. The minimum absolute atomic E-state index is 0. The van der Waals surface area contributed by atoms with E-state index in [1.54, 1.807) is 0 Å². The van der Waals surface area contributed by atoms with Crippen molar-refractivity contribution in [1.82, 2.24) is 0 Å². The Morgan fingerprint density at radius 1 is 0.833 bits per heavy atom. The first-order valence-corrected chi connectivity index (χ1v) is 8.03. The van der Waals surface area contributed by atoms with Crippen LogP contribution in [-0.4, -0.2) is 0 Å². The maximum Gasteiger partial charge on any atom is 2.00 e. The van der Waals surface area contributed by atoms with Crippen LogP contribution in [0.25, 0.3) is 21.9 Å². The predicted octanol–water partition coefficient (Wildman–Crippen LogP) is 6.27. The summed E-state index contributed by atoms with van der Waals surface area (Å²) in [4.78, 5) is 0. The molecule has 0 N–H and O–H groups in total. The molecule has 0 bridgehead atoms. The Kier molecular flexibility index (Phi) is 7.28. The molecule has 4 rings (SSSR count). The second-order valence-electron chi connectivity index (χ2n) is 5.47. The fourth-order valence-corrected chi connectivity index (χ4v) is 2.71. The summed E-state index contributed by atoms with van der Waals surface area (Å²) in [6.07, 6.45) is 1.10. The van der Waals surface area contributed by atoms with Gasteiger partial charge in [0.1, 0.15) is 0 Å². The van der Waals surface area contributed by atoms with Crippen LogP contribution < -0.4 is 0 Å². The van der Waals surface area contributed by atoms with Crippen molar-refractivity contribution in [2.24, 2.45) is 0 Å². The zero-order chi connectivity index (χ0) is 15.9. The largest absolute Gasteiger partial charge is 2.00 e. The summed E-state index contributed by atoms with van der Waals surface area (Å²) < 4.78 is 0. The first-order valence-electron chi connectivity index (χ1n) is 8.03. The molecule has 1 heteroatoms. The molecule has 0 spiro atoms. The summed E-state index contributed by atoms with van der Waals surface area (Å²) in [5.41, 5.74) is 4.05. The molecule has 116 valence electrons. The monoisotopic (exact) mass is 386 g/mol. The van der Waals surface area contributed by atoms with Crippen molar-refractivity contribution in [3.05, 3.63) is 103 Å². The summed E-state index contributed by atoms with van der Waals surface area (Å²) >= 11 is 0. The zero-order valence-electron chi connectivity index (χ0n) is 13.9. The third-order valence-electron chi connectivity index (χ3n) is 3.91. The second kappa shape index (κ2) is 9.45. The zero-order valence-corrected chi connectivity index (χ0v) is 16.3. The Hall–Kier alpha value is -1.85. The molecule has 0 aromatic heterocycles. The van der Waals surface area contributed by atoms with E-state index < -0.39 is 0 Å². The number of hydrogen-bond acceptors (Lipinski definition) is 0. The normalized spacial score (nSPS) is 9.71. The number of fused-ring (bicyclic) bond motifs is 1. The van der Waals surface area contributed by atoms with Crippen LogP contribution in [0.3, 0.4) is 0 Å². The van der Waals surface area contributed by atoms with Crippen LogP contribution in [0.2, 0.25) is 0 Å². The van der Waals surface area contributed by atoms with Gasteiger partial charge in [0.2, 0.25) is 0 Å². The Labute approximate surface area is 163 Å². The van der Waals surface area contributed by atoms with E-state index in [1.807, 2.05) is 30.3 Å². The van der Waals surface area contributed by atoms with Crippen LogP contribution >= 0.6 is 0 Å². The minimum atomic E-state index is 0. The third-order valence-corrected chi connectivity index (χ3v) is 3.91. The van der Waals surface area contributed by atoms with Crippen molar-refractivity contribution in [1.29, 1.82) is 0 Å². The molecule has 4 aromatic rings. The van der Waals surface area contributed by atoms with E-state index in [4.69, 9.17) is 0 Å². The molecule has 24 heavy (non-hydrogen) atoms. The SMILES string of the molecule is CCc1cc2c(-c3ccccc3)cccc2[cH-]1.[Zr+2].[c-]1ccccc1. The molecule has 0 heterocycles. The Morgan fingerprint density at radius 3 is 2.12 bits per heavy atom. The third kappa shape index (κ3) is 4.59. The average Bonchev–Trinajstić information content (AvgIpc) is 3.08. The molecule has 0 nitrogen and oxygen atoms in total. The quantitative estimate of drug-likeness (QED) is 0.355. The molecule has 0 aliphatic rings. The topological polar surface area (TPSA) is 0 Å². The van der Waals surface area contributed by atoms with E-state index in [0.717, 1.165) is 6.42 Å². The van der Waals surface area contributed by atoms with Gasteiger partial charge >= 0.3 is 26.2 Å². The van der Waals surface area contributed by atoms with Crippen LogP contribution in [0, 0.1) is 6.07 Å². The van der Waals surface area contributed by atoms with Crippen molar-refractivity contribution in [3.63, 3.8) is 0 Å². The van der Waals surface area contributed by atoms with Gasteiger partial charge in [-0.2, -0.15) is 42.5 Å². The van der Waals surface area contributed by atoms with E-state index in [0.29, 0.717) is 0 Å². The Morgan fingerprint density at radius 2 is 1.54 bits per heavy atom. The Bertz CT molecular complexity index is 818. The van der Waals surface area contributed by atoms with Crippen LogP contribution in [0.5, 0.6) is 0 Å².